The lowest BCUT2D eigenvalue weighted by atomic mass is 10.00. The molecule has 0 bridgehead atoms. The molecule has 0 atom stereocenters. The van der Waals surface area contributed by atoms with E-state index in [1.165, 1.54) is 33.5 Å². The molecule has 1 N–H and O–H groups in total. The van der Waals surface area contributed by atoms with E-state index < -0.39 is 0 Å². The Balaban J connectivity index is 2.31. The van der Waals surface area contributed by atoms with E-state index in [2.05, 4.69) is 75.8 Å². The number of para-hydroxylation sites is 1. The van der Waals surface area contributed by atoms with Crippen LogP contribution < -0.4 is 10.9 Å². The van der Waals surface area contributed by atoms with Crippen LogP contribution in [0.5, 0.6) is 0 Å². The highest BCUT2D eigenvalue weighted by molar-refractivity contribution is 5.61. The minimum Gasteiger partial charge on any atom is -0.277 e. The van der Waals surface area contributed by atoms with E-state index >= 15 is 0 Å². The van der Waals surface area contributed by atoms with Crippen molar-refractivity contribution >= 4 is 11.4 Å². The summed E-state index contributed by atoms with van der Waals surface area (Å²) in [5, 5.41) is 0. The summed E-state index contributed by atoms with van der Waals surface area (Å²) in [6.07, 6.45) is 2.03. The lowest BCUT2D eigenvalue weighted by Gasteiger charge is -2.17. The van der Waals surface area contributed by atoms with E-state index in [1.807, 2.05) is 0 Å². The van der Waals surface area contributed by atoms with Gasteiger partial charge in [0.25, 0.3) is 0 Å². The fraction of sp³-hybridized carbons (Fsp3) is 0.368. The highest BCUT2D eigenvalue weighted by atomic mass is 15.4. The van der Waals surface area contributed by atoms with Crippen molar-refractivity contribution in [2.75, 3.05) is 5.43 Å². The summed E-state index contributed by atoms with van der Waals surface area (Å²) in [4.78, 5) is 0. The molecule has 0 aromatic heterocycles. The molecule has 2 nitrogen and oxygen atoms in total. The fourth-order valence-corrected chi connectivity index (χ4v) is 2.74. The van der Waals surface area contributed by atoms with Crippen LogP contribution in [0.2, 0.25) is 0 Å². The van der Waals surface area contributed by atoms with E-state index in [-0.39, 0.29) is 0 Å². The maximum absolute atomic E-state index is 4.67. The molecule has 0 unspecified atom stereocenters. The Kier molecular flexibility index (Phi) is 4.89. The summed E-state index contributed by atoms with van der Waals surface area (Å²) < 4.78 is 0. The lowest BCUT2D eigenvalue weighted by Crippen LogP contribution is -2.13. The van der Waals surface area contributed by atoms with E-state index in [0.717, 1.165) is 18.5 Å². The number of benzene rings is 2. The summed E-state index contributed by atoms with van der Waals surface area (Å²) >= 11 is 0. The van der Waals surface area contributed by atoms with Crippen LogP contribution in [-0.2, 0) is 12.8 Å². The molecule has 21 heavy (non-hydrogen) atoms. The molecule has 0 aliphatic heterocycles. The summed E-state index contributed by atoms with van der Waals surface area (Å²) in [6, 6.07) is 10.8. The van der Waals surface area contributed by atoms with Crippen molar-refractivity contribution in [1.29, 1.82) is 0 Å². The predicted molar refractivity (Wildman–Crippen MR) is 91.3 cm³/mol. The van der Waals surface area contributed by atoms with E-state index in [1.54, 1.807) is 0 Å². The molecule has 0 spiro atoms. The van der Waals surface area contributed by atoms with Crippen LogP contribution in [0.4, 0.5) is 11.4 Å². The van der Waals surface area contributed by atoms with Crippen molar-refractivity contribution in [2.24, 2.45) is 0 Å². The summed E-state index contributed by atoms with van der Waals surface area (Å²) in [6.45, 7) is 10.7. The minimum atomic E-state index is 1.01. The quantitative estimate of drug-likeness (QED) is 0.767. The van der Waals surface area contributed by atoms with Gasteiger partial charge in [0.2, 0.25) is 0 Å². The molecule has 0 aliphatic carbocycles. The van der Waals surface area contributed by atoms with Gasteiger partial charge in [0.1, 0.15) is 0 Å². The van der Waals surface area contributed by atoms with Gasteiger partial charge in [-0.05, 0) is 55.9 Å². The van der Waals surface area contributed by atoms with Crippen LogP contribution in [0.3, 0.4) is 0 Å². The van der Waals surface area contributed by atoms with Gasteiger partial charge in [-0.25, -0.2) is 0 Å². The van der Waals surface area contributed by atoms with Gasteiger partial charge in [0.15, 0.2) is 0 Å². The van der Waals surface area contributed by atoms with Crippen molar-refractivity contribution in [3.8, 4) is 0 Å². The predicted octanol–water partition coefficient (Wildman–Crippen LogP) is 5.00. The molecule has 2 aromatic carbocycles. The molecule has 0 fully saturated rings. The Morgan fingerprint density at radius 3 is 1.90 bits per heavy atom. The number of hydrogen-bond donors (Lipinski definition) is 1. The molecular weight excluding hydrogens is 256 g/mol. The Labute approximate surface area is 128 Å². The largest absolute Gasteiger partial charge is 0.277 e. The van der Waals surface area contributed by atoms with Crippen LogP contribution in [0.1, 0.15) is 41.7 Å². The molecule has 2 rings (SSSR count). The molecule has 0 saturated carbocycles. The average Bonchev–Trinajstić information content (AvgIpc) is 2.47. The number of nitrogens with zero attached hydrogens (tertiary/aromatic N) is 1. The third kappa shape index (κ3) is 3.38. The molecule has 0 heterocycles. The second-order valence-corrected chi connectivity index (χ2v) is 5.63. The van der Waals surface area contributed by atoms with E-state index in [9.17, 15) is 0 Å². The first kappa shape index (κ1) is 15.4. The molecular formula is C19H25N2. The van der Waals surface area contributed by atoms with Gasteiger partial charge in [-0.2, -0.15) is 5.43 Å². The number of aryl methyl sites for hydroxylation is 5. The normalized spacial score (nSPS) is 10.5. The minimum absolute atomic E-state index is 1.01. The first-order chi connectivity index (χ1) is 10.1. The molecule has 2 aromatic rings. The van der Waals surface area contributed by atoms with Crippen LogP contribution >= 0.6 is 0 Å². The van der Waals surface area contributed by atoms with Gasteiger partial charge in [0.05, 0.1) is 11.4 Å². The molecule has 0 saturated heterocycles. The summed E-state index contributed by atoms with van der Waals surface area (Å²) in [7, 11) is 0. The third-order valence-corrected chi connectivity index (χ3v) is 3.93. The maximum Gasteiger partial charge on any atom is 0.0891 e. The average molecular weight is 281 g/mol. The lowest BCUT2D eigenvalue weighted by molar-refractivity contribution is 0.980. The highest BCUT2D eigenvalue weighted by Gasteiger charge is 2.10. The zero-order valence-electron chi connectivity index (χ0n) is 13.7. The SMILES string of the molecule is CCc1cc(C)cc(CC)c1N[N]c1c(C)cccc1C. The second kappa shape index (κ2) is 6.66. The zero-order valence-corrected chi connectivity index (χ0v) is 13.7. The number of anilines is 1. The van der Waals surface area contributed by atoms with Gasteiger partial charge < -0.3 is 0 Å². The third-order valence-electron chi connectivity index (χ3n) is 3.93. The Hall–Kier alpha value is -1.96. The van der Waals surface area contributed by atoms with Crippen molar-refractivity contribution in [3.05, 3.63) is 58.1 Å². The van der Waals surface area contributed by atoms with Crippen LogP contribution in [0.15, 0.2) is 30.3 Å². The first-order valence-corrected chi connectivity index (χ1v) is 7.72. The zero-order chi connectivity index (χ0) is 15.4. The van der Waals surface area contributed by atoms with Crippen molar-refractivity contribution in [1.82, 2.24) is 5.43 Å². The van der Waals surface area contributed by atoms with E-state index in [0.29, 0.717) is 0 Å². The molecule has 111 valence electrons. The van der Waals surface area contributed by atoms with Crippen LogP contribution in [-0.4, -0.2) is 0 Å². The van der Waals surface area contributed by atoms with Gasteiger partial charge in [-0.15, -0.1) is 0 Å². The Bertz CT molecular complexity index is 584. The highest BCUT2D eigenvalue weighted by Crippen LogP contribution is 2.26. The van der Waals surface area contributed by atoms with Crippen molar-refractivity contribution < 1.29 is 0 Å². The first-order valence-electron chi connectivity index (χ1n) is 7.72. The standard InChI is InChI=1S/C19H25N2/c1-6-16-11-13(3)12-17(7-2)19(16)21-20-18-14(4)9-8-10-15(18)5/h8-12,21H,6-7H2,1-5H3. The van der Waals surface area contributed by atoms with Gasteiger partial charge in [-0.3, -0.25) is 5.43 Å². The van der Waals surface area contributed by atoms with Gasteiger partial charge >= 0.3 is 0 Å². The molecule has 0 amide bonds. The summed E-state index contributed by atoms with van der Waals surface area (Å²) in [5.74, 6) is 0. The number of hydrogen-bond acceptors (Lipinski definition) is 1. The molecule has 1 radical (unpaired) electrons. The Morgan fingerprint density at radius 2 is 1.43 bits per heavy atom. The van der Waals surface area contributed by atoms with Gasteiger partial charge in [0, 0.05) is 0 Å². The fourth-order valence-electron chi connectivity index (χ4n) is 2.74. The smallest absolute Gasteiger partial charge is 0.0891 e. The van der Waals surface area contributed by atoms with Crippen LogP contribution in [0, 0.1) is 20.8 Å². The second-order valence-electron chi connectivity index (χ2n) is 5.63. The number of rotatable bonds is 5. The van der Waals surface area contributed by atoms with Crippen molar-refractivity contribution in [3.63, 3.8) is 0 Å². The number of nitrogens with one attached hydrogen (secondary N) is 1. The van der Waals surface area contributed by atoms with Crippen molar-refractivity contribution in [2.45, 2.75) is 47.5 Å². The Morgan fingerprint density at radius 1 is 0.905 bits per heavy atom. The molecule has 2 heteroatoms. The topological polar surface area (TPSA) is 26.1 Å². The maximum atomic E-state index is 4.67. The summed E-state index contributed by atoms with van der Waals surface area (Å²) in [5.41, 5.74) is 16.6. The van der Waals surface area contributed by atoms with Crippen LogP contribution in [0.25, 0.3) is 0 Å². The van der Waals surface area contributed by atoms with Gasteiger partial charge in [-0.1, -0.05) is 49.7 Å². The molecule has 0 aliphatic rings. The van der Waals surface area contributed by atoms with E-state index in [4.69, 9.17) is 0 Å². The monoisotopic (exact) mass is 281 g/mol.